The Bertz CT molecular complexity index is 746. The van der Waals surface area contributed by atoms with Crippen LogP contribution in [0.2, 0.25) is 0 Å². The van der Waals surface area contributed by atoms with E-state index in [9.17, 15) is 18.0 Å². The van der Waals surface area contributed by atoms with Gasteiger partial charge in [-0.05, 0) is 18.8 Å². The first kappa shape index (κ1) is 17.9. The van der Waals surface area contributed by atoms with Gasteiger partial charge in [-0.25, -0.2) is 17.9 Å². The lowest BCUT2D eigenvalue weighted by Crippen LogP contribution is -2.43. The molecule has 23 heavy (non-hydrogen) atoms. The van der Waals surface area contributed by atoms with E-state index in [1.54, 1.807) is 0 Å². The van der Waals surface area contributed by atoms with Crippen LogP contribution in [-0.2, 0) is 27.8 Å². The van der Waals surface area contributed by atoms with Crippen LogP contribution in [0.15, 0.2) is 15.8 Å². The van der Waals surface area contributed by atoms with Crippen molar-refractivity contribution in [3.05, 3.63) is 32.6 Å². The van der Waals surface area contributed by atoms with Crippen molar-refractivity contribution in [2.24, 2.45) is 5.92 Å². The van der Waals surface area contributed by atoms with Gasteiger partial charge in [-0.15, -0.1) is 0 Å². The van der Waals surface area contributed by atoms with E-state index in [4.69, 9.17) is 4.74 Å². The van der Waals surface area contributed by atoms with E-state index in [0.29, 0.717) is 25.4 Å². The average Bonchev–Trinajstić information content (AvgIpc) is 2.44. The average molecular weight is 345 g/mol. The third-order valence-electron chi connectivity index (χ3n) is 4.29. The highest BCUT2D eigenvalue weighted by atomic mass is 32.2. The van der Waals surface area contributed by atoms with E-state index in [2.05, 4.69) is 9.71 Å². The molecule has 1 saturated carbocycles. The maximum atomic E-state index is 12.2. The Morgan fingerprint density at radius 2 is 2.09 bits per heavy atom. The Morgan fingerprint density at radius 1 is 1.39 bits per heavy atom. The molecule has 0 bridgehead atoms. The Balaban J connectivity index is 2.05. The molecule has 1 heterocycles. The van der Waals surface area contributed by atoms with Crippen molar-refractivity contribution in [3.8, 4) is 0 Å². The summed E-state index contributed by atoms with van der Waals surface area (Å²) >= 11 is 0. The third-order valence-corrected chi connectivity index (χ3v) is 6.10. The predicted octanol–water partition coefficient (Wildman–Crippen LogP) is -0.209. The predicted molar refractivity (Wildman–Crippen MR) is 85.8 cm³/mol. The van der Waals surface area contributed by atoms with Gasteiger partial charge >= 0.3 is 5.69 Å². The number of methoxy groups -OCH3 is 1. The summed E-state index contributed by atoms with van der Waals surface area (Å²) in [7, 11) is -1.93. The third kappa shape index (κ3) is 4.30. The summed E-state index contributed by atoms with van der Waals surface area (Å²) < 4.78 is 33.0. The van der Waals surface area contributed by atoms with Gasteiger partial charge < -0.3 is 4.74 Å². The zero-order valence-corrected chi connectivity index (χ0v) is 14.2. The number of aromatic nitrogens is 2. The molecule has 9 heteroatoms. The molecule has 0 radical (unpaired) electrons. The molecule has 0 saturated heterocycles. The Labute approximate surface area is 134 Å². The van der Waals surface area contributed by atoms with Crippen LogP contribution >= 0.6 is 0 Å². The number of aromatic amines is 1. The van der Waals surface area contributed by atoms with Gasteiger partial charge in [-0.3, -0.25) is 14.3 Å². The Hall–Kier alpha value is -1.45. The number of nitrogens with one attached hydrogen (secondary N) is 2. The van der Waals surface area contributed by atoms with Crippen molar-refractivity contribution >= 4 is 10.0 Å². The van der Waals surface area contributed by atoms with Crippen LogP contribution < -0.4 is 16.0 Å². The molecule has 2 N–H and O–H groups in total. The summed E-state index contributed by atoms with van der Waals surface area (Å²) in [5.41, 5.74) is -0.912. The highest BCUT2D eigenvalue weighted by molar-refractivity contribution is 7.90. The summed E-state index contributed by atoms with van der Waals surface area (Å²) in [6.45, 7) is 2.52. The minimum Gasteiger partial charge on any atom is -0.383 e. The molecule has 0 atom stereocenters. The standard InChI is InChI=1S/C14H23N3O5S/c1-3-10-6-12(7-10)23(20,21)15-8-11-9-17(4-5-22-2)14(19)16-13(11)18/h9-10,12,15H,3-8H2,1-2H3,(H,16,18,19). The first-order chi connectivity index (χ1) is 10.9. The molecule has 1 aromatic heterocycles. The molecule has 0 unspecified atom stereocenters. The second-order valence-electron chi connectivity index (χ2n) is 5.83. The smallest absolute Gasteiger partial charge is 0.328 e. The summed E-state index contributed by atoms with van der Waals surface area (Å²) in [5.74, 6) is 0.468. The van der Waals surface area contributed by atoms with Crippen molar-refractivity contribution in [1.82, 2.24) is 14.3 Å². The summed E-state index contributed by atoms with van der Waals surface area (Å²) in [6.07, 6.45) is 3.68. The monoisotopic (exact) mass is 345 g/mol. The second kappa shape index (κ2) is 7.41. The number of hydrogen-bond acceptors (Lipinski definition) is 5. The molecule has 1 aromatic rings. The molecule has 0 aliphatic heterocycles. The molecule has 130 valence electrons. The fraction of sp³-hybridized carbons (Fsp3) is 0.714. The number of rotatable bonds is 8. The van der Waals surface area contributed by atoms with Gasteiger partial charge in [0.05, 0.1) is 18.4 Å². The maximum Gasteiger partial charge on any atom is 0.328 e. The van der Waals surface area contributed by atoms with Crippen molar-refractivity contribution < 1.29 is 13.2 Å². The molecule has 0 aromatic carbocycles. The molecular weight excluding hydrogens is 322 g/mol. The highest BCUT2D eigenvalue weighted by Gasteiger charge is 2.37. The van der Waals surface area contributed by atoms with E-state index in [0.717, 1.165) is 6.42 Å². The van der Waals surface area contributed by atoms with Gasteiger partial charge in [0.25, 0.3) is 5.56 Å². The topological polar surface area (TPSA) is 110 Å². The first-order valence-corrected chi connectivity index (χ1v) is 9.22. The van der Waals surface area contributed by atoms with Crippen molar-refractivity contribution in [2.45, 2.75) is 44.5 Å². The molecule has 2 rings (SSSR count). The summed E-state index contributed by atoms with van der Waals surface area (Å²) in [6, 6.07) is 0. The Kier molecular flexibility index (Phi) is 5.77. The van der Waals surface area contributed by atoms with Crippen molar-refractivity contribution in [1.29, 1.82) is 0 Å². The highest BCUT2D eigenvalue weighted by Crippen LogP contribution is 2.34. The van der Waals surface area contributed by atoms with Gasteiger partial charge in [0, 0.05) is 25.4 Å². The SMILES string of the molecule is CCC1CC(S(=O)(=O)NCc2cn(CCOC)c(=O)[nH]c2=O)C1. The van der Waals surface area contributed by atoms with Crippen LogP contribution in [0.1, 0.15) is 31.7 Å². The van der Waals surface area contributed by atoms with E-state index in [1.165, 1.54) is 17.9 Å². The summed E-state index contributed by atoms with van der Waals surface area (Å²) in [5, 5.41) is -0.383. The van der Waals surface area contributed by atoms with E-state index in [1.807, 2.05) is 6.92 Å². The molecule has 1 fully saturated rings. The minimum absolute atomic E-state index is 0.127. The van der Waals surface area contributed by atoms with Crippen molar-refractivity contribution in [3.63, 3.8) is 0 Å². The fourth-order valence-electron chi connectivity index (χ4n) is 2.59. The molecule has 0 amide bonds. The lowest BCUT2D eigenvalue weighted by atomic mass is 9.83. The lowest BCUT2D eigenvalue weighted by molar-refractivity contribution is 0.185. The number of hydrogen-bond donors (Lipinski definition) is 2. The van der Waals surface area contributed by atoms with Crippen LogP contribution in [-0.4, -0.2) is 36.9 Å². The van der Waals surface area contributed by atoms with Gasteiger partial charge in [-0.1, -0.05) is 13.3 Å². The number of H-pyrrole nitrogens is 1. The van der Waals surface area contributed by atoms with Crippen LogP contribution in [0.25, 0.3) is 0 Å². The molecule has 8 nitrogen and oxygen atoms in total. The second-order valence-corrected chi connectivity index (χ2v) is 7.88. The maximum absolute atomic E-state index is 12.2. The largest absolute Gasteiger partial charge is 0.383 e. The zero-order valence-electron chi connectivity index (χ0n) is 13.4. The molecule has 1 aliphatic carbocycles. The van der Waals surface area contributed by atoms with Crippen molar-refractivity contribution in [2.75, 3.05) is 13.7 Å². The van der Waals surface area contributed by atoms with E-state index in [-0.39, 0.29) is 23.9 Å². The van der Waals surface area contributed by atoms with Crippen LogP contribution in [0.3, 0.4) is 0 Å². The normalized spacial score (nSPS) is 21.1. The number of nitrogens with zero attached hydrogens (tertiary/aromatic N) is 1. The molecule has 0 spiro atoms. The number of ether oxygens (including phenoxy) is 1. The number of sulfonamides is 1. The minimum atomic E-state index is -3.44. The van der Waals surface area contributed by atoms with Gasteiger partial charge in [0.2, 0.25) is 10.0 Å². The van der Waals surface area contributed by atoms with Crippen LogP contribution in [0.4, 0.5) is 0 Å². The van der Waals surface area contributed by atoms with Gasteiger partial charge in [0.1, 0.15) is 0 Å². The molecule has 1 aliphatic rings. The summed E-state index contributed by atoms with van der Waals surface area (Å²) in [4.78, 5) is 25.6. The van der Waals surface area contributed by atoms with Crippen LogP contribution in [0.5, 0.6) is 0 Å². The first-order valence-electron chi connectivity index (χ1n) is 7.67. The van der Waals surface area contributed by atoms with E-state index >= 15 is 0 Å². The van der Waals surface area contributed by atoms with Gasteiger partial charge in [0.15, 0.2) is 0 Å². The fourth-order valence-corrected chi connectivity index (χ4v) is 4.24. The van der Waals surface area contributed by atoms with E-state index < -0.39 is 21.3 Å². The zero-order chi connectivity index (χ0) is 17.0. The van der Waals surface area contributed by atoms with Gasteiger partial charge in [-0.2, -0.15) is 0 Å². The Morgan fingerprint density at radius 3 is 2.70 bits per heavy atom. The lowest BCUT2D eigenvalue weighted by Gasteiger charge is -2.34. The quantitative estimate of drug-likeness (QED) is 0.677. The van der Waals surface area contributed by atoms with Crippen LogP contribution in [0, 0.1) is 5.92 Å². The molecular formula is C14H23N3O5S.